The number of hydrogen-bond donors (Lipinski definition) is 1. The molecule has 35 heavy (non-hydrogen) atoms. The molecule has 0 bridgehead atoms. The Hall–Kier alpha value is -1.19. The lowest BCUT2D eigenvalue weighted by molar-refractivity contribution is -0.124. The molecule has 5 fully saturated rings. The third kappa shape index (κ3) is 5.28. The zero-order valence-electron chi connectivity index (χ0n) is 21.9. The number of carbonyl (C=O) groups is 1. The Bertz CT molecular complexity index is 797. The number of aliphatic hydroxyl groups is 1. The molecule has 5 rings (SSSR count). The van der Waals surface area contributed by atoms with Crippen LogP contribution in [0.25, 0.3) is 0 Å². The summed E-state index contributed by atoms with van der Waals surface area (Å²) in [5.41, 5.74) is 0.770. The van der Waals surface area contributed by atoms with Crippen molar-refractivity contribution in [2.24, 2.45) is 11.8 Å². The quantitative estimate of drug-likeness (QED) is 0.412. The van der Waals surface area contributed by atoms with Crippen molar-refractivity contribution in [3.05, 3.63) is 11.6 Å². The van der Waals surface area contributed by atoms with Crippen molar-refractivity contribution in [2.45, 2.75) is 94.9 Å². The summed E-state index contributed by atoms with van der Waals surface area (Å²) in [6, 6.07) is 0. The number of methoxy groups -OCH3 is 1. The molecule has 1 spiro atoms. The van der Waals surface area contributed by atoms with Crippen molar-refractivity contribution >= 4 is 6.09 Å². The lowest BCUT2D eigenvalue weighted by atomic mass is 9.68. The normalized spacial score (nSPS) is 39.9. The minimum absolute atomic E-state index is 0.0503. The maximum atomic E-state index is 13.0. The van der Waals surface area contributed by atoms with Crippen molar-refractivity contribution < 1.29 is 28.8 Å². The van der Waals surface area contributed by atoms with Gasteiger partial charge in [-0.15, -0.1) is 0 Å². The van der Waals surface area contributed by atoms with Gasteiger partial charge in [0.05, 0.1) is 24.7 Å². The predicted octanol–water partition coefficient (Wildman–Crippen LogP) is 2.98. The molecular formula is C27H44N2O6. The first-order chi connectivity index (χ1) is 16.7. The van der Waals surface area contributed by atoms with E-state index in [0.29, 0.717) is 5.92 Å². The number of hydrogen-bond acceptors (Lipinski definition) is 7. The smallest absolute Gasteiger partial charge is 0.410 e. The highest BCUT2D eigenvalue weighted by atomic mass is 16.6. The summed E-state index contributed by atoms with van der Waals surface area (Å²) in [7, 11) is 1.72. The Kier molecular flexibility index (Phi) is 7.23. The van der Waals surface area contributed by atoms with E-state index in [4.69, 9.17) is 18.9 Å². The maximum absolute atomic E-state index is 13.0. The van der Waals surface area contributed by atoms with Gasteiger partial charge in [-0.05, 0) is 71.8 Å². The van der Waals surface area contributed by atoms with Crippen molar-refractivity contribution in [2.75, 3.05) is 46.4 Å². The van der Waals surface area contributed by atoms with E-state index in [9.17, 15) is 9.90 Å². The van der Waals surface area contributed by atoms with Crippen LogP contribution in [0.2, 0.25) is 0 Å². The number of nitrogens with zero attached hydrogens (tertiary/aromatic N) is 2. The van der Waals surface area contributed by atoms with Gasteiger partial charge in [0.25, 0.3) is 0 Å². The van der Waals surface area contributed by atoms with E-state index in [0.717, 1.165) is 77.9 Å². The Balaban J connectivity index is 1.12. The van der Waals surface area contributed by atoms with E-state index in [2.05, 4.69) is 31.7 Å². The lowest BCUT2D eigenvalue weighted by Gasteiger charge is -2.45. The molecule has 1 N–H and O–H groups in total. The Morgan fingerprint density at radius 1 is 1.20 bits per heavy atom. The summed E-state index contributed by atoms with van der Waals surface area (Å²) in [6.45, 7) is 11.7. The number of piperidine rings is 1. The molecular weight excluding hydrogens is 448 g/mol. The molecule has 1 unspecified atom stereocenters. The molecule has 6 atom stereocenters. The molecule has 1 aliphatic carbocycles. The van der Waals surface area contributed by atoms with E-state index in [1.165, 1.54) is 5.57 Å². The second kappa shape index (κ2) is 9.93. The first kappa shape index (κ1) is 25.5. The van der Waals surface area contributed by atoms with E-state index in [1.54, 1.807) is 7.11 Å². The van der Waals surface area contributed by atoms with Crippen molar-refractivity contribution in [1.82, 2.24) is 9.80 Å². The van der Waals surface area contributed by atoms with Crippen LogP contribution in [0, 0.1) is 11.8 Å². The number of ether oxygens (including phenoxy) is 4. The average Bonchev–Trinajstić information content (AvgIpc) is 3.71. The number of likely N-dealkylation sites (tertiary alicyclic amines) is 2. The van der Waals surface area contributed by atoms with Crippen LogP contribution in [0.15, 0.2) is 11.6 Å². The van der Waals surface area contributed by atoms with Crippen LogP contribution in [0.4, 0.5) is 4.79 Å². The predicted molar refractivity (Wildman–Crippen MR) is 131 cm³/mol. The van der Waals surface area contributed by atoms with Gasteiger partial charge in [0.2, 0.25) is 0 Å². The minimum atomic E-state index is -0.319. The summed E-state index contributed by atoms with van der Waals surface area (Å²) in [5, 5.41) is 9.67. The van der Waals surface area contributed by atoms with Crippen LogP contribution < -0.4 is 0 Å². The van der Waals surface area contributed by atoms with Crippen LogP contribution in [-0.2, 0) is 18.9 Å². The molecule has 198 valence electrons. The SMILES string of the molecule is CO[C@H]1C([C@@]2(C)O[C@@H]2CC=C(C)C)[C@]2(CC[C@H]1OC(=O)N1CC(CCN3CCC(O)CC3)C1)CO2. The van der Waals surface area contributed by atoms with E-state index in [-0.39, 0.29) is 47.6 Å². The molecule has 4 aliphatic heterocycles. The van der Waals surface area contributed by atoms with E-state index in [1.807, 2.05) is 4.90 Å². The second-order valence-corrected chi connectivity index (χ2v) is 11.9. The number of carbonyl (C=O) groups excluding carboxylic acids is 1. The van der Waals surface area contributed by atoms with E-state index < -0.39 is 0 Å². The number of allylic oxidation sites excluding steroid dienone is 1. The largest absolute Gasteiger partial charge is 0.443 e. The molecule has 0 aromatic carbocycles. The Morgan fingerprint density at radius 2 is 1.91 bits per heavy atom. The van der Waals surface area contributed by atoms with E-state index >= 15 is 0 Å². The third-order valence-corrected chi connectivity index (χ3v) is 9.12. The monoisotopic (exact) mass is 492 g/mol. The van der Waals surface area contributed by atoms with Crippen LogP contribution in [0.1, 0.15) is 59.3 Å². The van der Waals surface area contributed by atoms with Crippen LogP contribution >= 0.6 is 0 Å². The van der Waals surface area contributed by atoms with Gasteiger partial charge in [-0.1, -0.05) is 11.6 Å². The minimum Gasteiger partial charge on any atom is -0.443 e. The molecule has 8 heteroatoms. The molecule has 4 heterocycles. The number of rotatable bonds is 8. The highest BCUT2D eigenvalue weighted by Crippen LogP contribution is 2.59. The van der Waals surface area contributed by atoms with Gasteiger partial charge in [0, 0.05) is 33.3 Å². The second-order valence-electron chi connectivity index (χ2n) is 11.9. The molecule has 0 aromatic heterocycles. The number of amides is 1. The molecule has 0 aromatic rings. The maximum Gasteiger partial charge on any atom is 0.410 e. The summed E-state index contributed by atoms with van der Waals surface area (Å²) in [5.74, 6) is 0.582. The zero-order chi connectivity index (χ0) is 24.8. The summed E-state index contributed by atoms with van der Waals surface area (Å²) >= 11 is 0. The molecule has 1 amide bonds. The fourth-order valence-electron chi connectivity index (χ4n) is 6.68. The molecule has 5 aliphatic rings. The summed E-state index contributed by atoms with van der Waals surface area (Å²) in [4.78, 5) is 17.2. The van der Waals surface area contributed by atoms with Gasteiger partial charge in [0.1, 0.15) is 23.4 Å². The summed E-state index contributed by atoms with van der Waals surface area (Å²) in [6.07, 6.45) is 6.87. The average molecular weight is 493 g/mol. The van der Waals surface area contributed by atoms with Gasteiger partial charge in [-0.25, -0.2) is 4.79 Å². The van der Waals surface area contributed by atoms with Gasteiger partial charge in [-0.2, -0.15) is 0 Å². The standard InChI is InChI=1S/C27H44N2O6/c1-18(2)5-6-22-26(3,35-22)24-23(32-4)21(7-11-27(24)17-33-27)34-25(31)29-15-19(16-29)8-12-28-13-9-20(30)10-14-28/h5,19-24,30H,6-17H2,1-4H3/t21-,22-,23-,24?,26+,27+/m1/s1. The van der Waals surface area contributed by atoms with Crippen LogP contribution in [0.5, 0.6) is 0 Å². The number of epoxide rings is 2. The highest BCUT2D eigenvalue weighted by molar-refractivity contribution is 5.69. The van der Waals surface area contributed by atoms with Crippen LogP contribution in [0.3, 0.4) is 0 Å². The van der Waals surface area contributed by atoms with Crippen molar-refractivity contribution in [3.8, 4) is 0 Å². The van der Waals surface area contributed by atoms with Crippen LogP contribution in [-0.4, -0.2) is 103 Å². The molecule has 1 saturated carbocycles. The fraction of sp³-hybridized carbons (Fsp3) is 0.889. The van der Waals surface area contributed by atoms with Crippen molar-refractivity contribution in [3.63, 3.8) is 0 Å². The topological polar surface area (TPSA) is 87.3 Å². The fourth-order valence-corrected chi connectivity index (χ4v) is 6.68. The van der Waals surface area contributed by atoms with Crippen molar-refractivity contribution in [1.29, 1.82) is 0 Å². The molecule has 8 nitrogen and oxygen atoms in total. The Morgan fingerprint density at radius 3 is 2.54 bits per heavy atom. The molecule has 0 radical (unpaired) electrons. The summed E-state index contributed by atoms with van der Waals surface area (Å²) < 4.78 is 24.3. The third-order valence-electron chi connectivity index (χ3n) is 9.12. The number of aliphatic hydroxyl groups excluding tert-OH is 1. The highest BCUT2D eigenvalue weighted by Gasteiger charge is 2.72. The van der Waals surface area contributed by atoms with Gasteiger partial charge < -0.3 is 33.9 Å². The lowest BCUT2D eigenvalue weighted by Crippen LogP contribution is -2.57. The Labute approximate surface area is 209 Å². The zero-order valence-corrected chi connectivity index (χ0v) is 21.9. The first-order valence-electron chi connectivity index (χ1n) is 13.6. The molecule has 4 saturated heterocycles. The van der Waals surface area contributed by atoms with Gasteiger partial charge in [-0.3, -0.25) is 0 Å². The van der Waals surface area contributed by atoms with Gasteiger partial charge in [0.15, 0.2) is 0 Å². The first-order valence-corrected chi connectivity index (χ1v) is 13.6. The van der Waals surface area contributed by atoms with Gasteiger partial charge >= 0.3 is 6.09 Å².